The first kappa shape index (κ1) is 38.2. The Labute approximate surface area is 344 Å². The highest BCUT2D eigenvalue weighted by Crippen LogP contribution is 2.28. The van der Waals surface area contributed by atoms with Crippen molar-refractivity contribution in [1.82, 2.24) is 60.1 Å². The zero-order valence-electron chi connectivity index (χ0n) is 32.9. The summed E-state index contributed by atoms with van der Waals surface area (Å²) in [5.74, 6) is 0.283. The molecule has 2 amide bonds. The number of amides is 2. The molecule has 2 saturated heterocycles. The van der Waals surface area contributed by atoms with Crippen LogP contribution in [0.5, 0.6) is 0 Å². The summed E-state index contributed by atoms with van der Waals surface area (Å²) in [4.78, 5) is 58.4. The van der Waals surface area contributed by atoms with Crippen LogP contribution >= 0.6 is 0 Å². The number of nitrogens with one attached hydrogen (secondary N) is 4. The summed E-state index contributed by atoms with van der Waals surface area (Å²) < 4.78 is 3.49. The maximum Gasteiger partial charge on any atom is 0.274 e. The van der Waals surface area contributed by atoms with Gasteiger partial charge in [0.15, 0.2) is 0 Å². The van der Waals surface area contributed by atoms with Crippen LogP contribution in [-0.2, 0) is 20.1 Å². The van der Waals surface area contributed by atoms with Gasteiger partial charge < -0.3 is 36.0 Å². The van der Waals surface area contributed by atoms with Gasteiger partial charge in [-0.25, -0.2) is 19.9 Å². The van der Waals surface area contributed by atoms with Gasteiger partial charge in [0.25, 0.3) is 17.8 Å². The molecule has 0 unspecified atom stereocenters. The predicted molar refractivity (Wildman–Crippen MR) is 226 cm³/mol. The minimum atomic E-state index is -0.320. The Bertz CT molecular complexity index is 2630. The largest absolute Gasteiger partial charge is 0.367 e. The Balaban J connectivity index is 0.000000154. The van der Waals surface area contributed by atoms with E-state index in [-0.39, 0.29) is 17.5 Å². The first-order chi connectivity index (χ1) is 29.5. The van der Waals surface area contributed by atoms with E-state index in [1.807, 2.05) is 59.2 Å². The van der Waals surface area contributed by atoms with Gasteiger partial charge in [-0.3, -0.25) is 24.2 Å². The smallest absolute Gasteiger partial charge is 0.274 e. The molecule has 19 nitrogen and oxygen atoms in total. The molecule has 0 bridgehead atoms. The summed E-state index contributed by atoms with van der Waals surface area (Å²) in [6.07, 6.45) is 13.6. The maximum absolute atomic E-state index is 12.9. The molecule has 7 aromatic rings. The lowest BCUT2D eigenvalue weighted by atomic mass is 10.2. The van der Waals surface area contributed by atoms with Crippen LogP contribution in [0.1, 0.15) is 32.2 Å². The number of carbonyl (C=O) groups is 2. The summed E-state index contributed by atoms with van der Waals surface area (Å²) >= 11 is 0. The fraction of sp³-hybridized carbons (Fsp3) is 0.268. The van der Waals surface area contributed by atoms with E-state index >= 15 is 0 Å². The number of fused-ring (bicyclic) bond motifs is 2. The summed E-state index contributed by atoms with van der Waals surface area (Å²) in [5, 5.41) is 22.2. The lowest BCUT2D eigenvalue weighted by molar-refractivity contribution is 0.101. The molecule has 0 radical (unpaired) electrons. The molecule has 3 aliphatic heterocycles. The van der Waals surface area contributed by atoms with Crippen LogP contribution in [-0.4, -0.2) is 114 Å². The van der Waals surface area contributed by atoms with Crippen molar-refractivity contribution in [1.29, 1.82) is 0 Å². The number of carbonyl (C=O) groups excluding carboxylic acids is 2. The van der Waals surface area contributed by atoms with Crippen molar-refractivity contribution in [2.75, 3.05) is 77.7 Å². The van der Waals surface area contributed by atoms with Crippen LogP contribution in [0.25, 0.3) is 16.9 Å². The van der Waals surface area contributed by atoms with Crippen molar-refractivity contribution in [3.05, 3.63) is 121 Å². The predicted octanol–water partition coefficient (Wildman–Crippen LogP) is 2.66. The third-order valence-corrected chi connectivity index (χ3v) is 10.6. The molecule has 4 N–H and O–H groups in total. The molecule has 60 heavy (non-hydrogen) atoms. The van der Waals surface area contributed by atoms with Crippen LogP contribution in [0.3, 0.4) is 0 Å². The molecular weight excluding hydrogens is 763 g/mol. The molecule has 0 saturated carbocycles. The summed E-state index contributed by atoms with van der Waals surface area (Å²) in [6.45, 7) is 8.51. The van der Waals surface area contributed by atoms with E-state index < -0.39 is 0 Å². The molecule has 9 heterocycles. The van der Waals surface area contributed by atoms with Gasteiger partial charge in [-0.15, -0.1) is 0 Å². The number of nitrogens with zero attached hydrogens (tertiary/aromatic N) is 13. The molecular formula is C41H43N17O2. The minimum Gasteiger partial charge on any atom is -0.367 e. The average molecular weight is 806 g/mol. The van der Waals surface area contributed by atoms with Gasteiger partial charge in [-0.2, -0.15) is 14.9 Å². The monoisotopic (exact) mass is 805 g/mol. The summed E-state index contributed by atoms with van der Waals surface area (Å²) in [7, 11) is 1.93. The number of hydrogen-bond acceptors (Lipinski definition) is 15. The van der Waals surface area contributed by atoms with Gasteiger partial charge >= 0.3 is 0 Å². The number of anilines is 5. The number of piperazine rings is 2. The van der Waals surface area contributed by atoms with Crippen LogP contribution < -0.4 is 36.0 Å². The number of pyridine rings is 2. The molecule has 10 rings (SSSR count). The fourth-order valence-electron chi connectivity index (χ4n) is 7.47. The van der Waals surface area contributed by atoms with E-state index in [0.29, 0.717) is 42.1 Å². The molecule has 19 heteroatoms. The van der Waals surface area contributed by atoms with E-state index in [1.54, 1.807) is 60.2 Å². The third-order valence-electron chi connectivity index (χ3n) is 10.6. The molecule has 2 fully saturated rings. The number of aryl methyl sites for hydroxylation is 1. The van der Waals surface area contributed by atoms with E-state index in [1.165, 1.54) is 0 Å². The summed E-state index contributed by atoms with van der Waals surface area (Å²) in [5.41, 5.74) is 7.03. The topological polar surface area (TPSA) is 205 Å². The number of rotatable bonds is 8. The van der Waals surface area contributed by atoms with Gasteiger partial charge in [-0.05, 0) is 30.3 Å². The van der Waals surface area contributed by atoms with Crippen LogP contribution in [0.15, 0.2) is 98.1 Å². The van der Waals surface area contributed by atoms with Crippen LogP contribution in [0.2, 0.25) is 0 Å². The molecule has 304 valence electrons. The van der Waals surface area contributed by atoms with Crippen molar-refractivity contribution in [3.63, 3.8) is 0 Å². The number of para-hydroxylation sites is 1. The highest BCUT2D eigenvalue weighted by Gasteiger charge is 2.26. The highest BCUT2D eigenvalue weighted by molar-refractivity contribution is 6.05. The van der Waals surface area contributed by atoms with Crippen molar-refractivity contribution >= 4 is 51.4 Å². The van der Waals surface area contributed by atoms with Gasteiger partial charge in [0.05, 0.1) is 65.3 Å². The van der Waals surface area contributed by atoms with Crippen LogP contribution in [0.4, 0.5) is 28.7 Å². The first-order valence-corrected chi connectivity index (χ1v) is 19.7. The Kier molecular flexibility index (Phi) is 11.0. The standard InChI is InChI=1S/C21H20N8O.C20H23N9O/c30-20(26-17-14-23-7-6-19(17)28-11-9-22-10-12-28)16-5-8-24-21(27-16)29-18-4-2-1-3-15(18)13-25-29;1-27-18-13-29(12-14(18)10-24-27)20-23-5-2-15(26-20)19(30)25-16-11-22-4-3-17(16)28-8-6-21-7-9-28/h1-8,13-14,22H,9-12H2,(H,26,30);2-5,10-11,21H,6-9,12-13H2,1H3,(H,25,30). The molecule has 0 atom stereocenters. The van der Waals surface area contributed by atoms with Crippen molar-refractivity contribution in [2.24, 2.45) is 7.05 Å². The molecule has 3 aliphatic rings. The second-order valence-corrected chi connectivity index (χ2v) is 14.4. The van der Waals surface area contributed by atoms with E-state index in [9.17, 15) is 9.59 Å². The van der Waals surface area contributed by atoms with E-state index in [4.69, 9.17) is 0 Å². The Morgan fingerprint density at radius 3 is 1.82 bits per heavy atom. The maximum atomic E-state index is 12.9. The third kappa shape index (κ3) is 8.16. The quantitative estimate of drug-likeness (QED) is 0.174. The Hall–Kier alpha value is -7.38. The van der Waals surface area contributed by atoms with Gasteiger partial charge in [0.1, 0.15) is 11.4 Å². The zero-order valence-corrected chi connectivity index (χ0v) is 32.9. The fourth-order valence-corrected chi connectivity index (χ4v) is 7.47. The number of hydrogen-bond donors (Lipinski definition) is 4. The van der Waals surface area contributed by atoms with Gasteiger partial charge in [0, 0.05) is 102 Å². The zero-order chi connectivity index (χ0) is 40.8. The molecule has 0 spiro atoms. The average Bonchev–Trinajstić information content (AvgIpc) is 4.04. The second-order valence-electron chi connectivity index (χ2n) is 14.4. The van der Waals surface area contributed by atoms with E-state index in [0.717, 1.165) is 85.9 Å². The van der Waals surface area contributed by atoms with Gasteiger partial charge in [-0.1, -0.05) is 18.2 Å². The molecule has 0 aliphatic carbocycles. The highest BCUT2D eigenvalue weighted by atomic mass is 16.2. The Morgan fingerprint density at radius 1 is 0.617 bits per heavy atom. The molecule has 6 aromatic heterocycles. The molecule has 1 aromatic carbocycles. The normalized spacial score (nSPS) is 15.0. The van der Waals surface area contributed by atoms with Crippen molar-refractivity contribution in [3.8, 4) is 5.95 Å². The number of aromatic nitrogens is 10. The number of benzene rings is 1. The minimum absolute atomic E-state index is 0.259. The first-order valence-electron chi connectivity index (χ1n) is 19.7. The van der Waals surface area contributed by atoms with Crippen molar-refractivity contribution in [2.45, 2.75) is 13.1 Å². The second kappa shape index (κ2) is 17.2. The summed E-state index contributed by atoms with van der Waals surface area (Å²) in [6, 6.07) is 14.9. The Morgan fingerprint density at radius 2 is 1.20 bits per heavy atom. The van der Waals surface area contributed by atoms with Crippen molar-refractivity contribution < 1.29 is 9.59 Å². The lowest BCUT2D eigenvalue weighted by Crippen LogP contribution is -2.43. The van der Waals surface area contributed by atoms with Gasteiger partial charge in [0.2, 0.25) is 5.95 Å². The SMILES string of the molecule is Cn1ncc2c1CN(c1nccc(C(=O)Nc3cnccc3N3CCNCC3)n1)C2.O=C(Nc1cnccc1N1CCNCC1)c1ccnc(-n2ncc3ccccc32)n1. The van der Waals surface area contributed by atoms with Crippen LogP contribution in [0, 0.1) is 0 Å². The lowest BCUT2D eigenvalue weighted by Gasteiger charge is -2.30. The van der Waals surface area contributed by atoms with E-state index in [2.05, 4.69) is 71.2 Å².